The summed E-state index contributed by atoms with van der Waals surface area (Å²) in [5.41, 5.74) is 2.70. The van der Waals surface area contributed by atoms with Crippen LogP contribution in [0.15, 0.2) is 71.6 Å². The Morgan fingerprint density at radius 3 is 2.63 bits per heavy atom. The van der Waals surface area contributed by atoms with Gasteiger partial charge in [-0.3, -0.25) is 4.98 Å². The first-order chi connectivity index (χ1) is 16.8. The number of aromatic nitrogens is 3. The highest BCUT2D eigenvalue weighted by atomic mass is 35.5. The second-order valence-electron chi connectivity index (χ2n) is 8.11. The lowest BCUT2D eigenvalue weighted by atomic mass is 10.1. The van der Waals surface area contributed by atoms with Crippen LogP contribution in [-0.2, 0) is 16.8 Å². The molecule has 1 aliphatic rings. The van der Waals surface area contributed by atoms with Crippen molar-refractivity contribution in [3.63, 3.8) is 0 Å². The summed E-state index contributed by atoms with van der Waals surface area (Å²) in [6.07, 6.45) is 4.61. The maximum absolute atomic E-state index is 13.8. The Kier molecular flexibility index (Phi) is 6.18. The molecule has 0 N–H and O–H groups in total. The first kappa shape index (κ1) is 23.3. The van der Waals surface area contributed by atoms with E-state index in [2.05, 4.69) is 15.1 Å². The van der Waals surface area contributed by atoms with Crippen LogP contribution in [0.4, 0.5) is 5.69 Å². The molecule has 0 aliphatic carbocycles. The summed E-state index contributed by atoms with van der Waals surface area (Å²) >= 11 is 6.08. The third-order valence-corrected chi connectivity index (χ3v) is 7.98. The molecular formula is C24H22ClN5O4S. The van der Waals surface area contributed by atoms with Crippen LogP contribution in [0.5, 0.6) is 11.6 Å². The van der Waals surface area contributed by atoms with Gasteiger partial charge in [-0.15, -0.1) is 0 Å². The van der Waals surface area contributed by atoms with Gasteiger partial charge in [0.1, 0.15) is 11.5 Å². The summed E-state index contributed by atoms with van der Waals surface area (Å²) in [4.78, 5) is 8.15. The number of nitrogens with zero attached hydrogens (tertiary/aromatic N) is 5. The molecule has 0 radical (unpaired) electrons. The maximum atomic E-state index is 13.8. The van der Waals surface area contributed by atoms with Crippen molar-refractivity contribution in [3.05, 3.63) is 94.7 Å². The molecule has 0 bridgehead atoms. The number of benzene rings is 2. The van der Waals surface area contributed by atoms with Crippen LogP contribution in [0.3, 0.4) is 0 Å². The normalized spacial score (nSPS) is 17.6. The summed E-state index contributed by atoms with van der Waals surface area (Å²) in [6.45, 7) is 3.96. The van der Waals surface area contributed by atoms with Gasteiger partial charge in [0.15, 0.2) is 0 Å². The number of anilines is 1. The van der Waals surface area contributed by atoms with E-state index in [0.717, 1.165) is 11.1 Å². The fourth-order valence-corrected chi connectivity index (χ4v) is 5.98. The number of rotatable bonds is 6. The summed E-state index contributed by atoms with van der Waals surface area (Å²) in [5, 5.41) is 4.49. The maximum Gasteiger partial charge on any atom is 0.305 e. The Labute approximate surface area is 208 Å². The zero-order chi connectivity index (χ0) is 24.6. The van der Waals surface area contributed by atoms with Gasteiger partial charge in [-0.25, -0.2) is 9.29 Å². The molecule has 4 aromatic rings. The van der Waals surface area contributed by atoms with Crippen LogP contribution < -0.4 is 9.04 Å². The van der Waals surface area contributed by atoms with Crippen molar-refractivity contribution in [2.75, 3.05) is 10.8 Å². The molecule has 0 unspecified atom stereocenters. The van der Waals surface area contributed by atoms with Crippen molar-refractivity contribution < 1.29 is 17.7 Å². The molecule has 2 aromatic heterocycles. The van der Waals surface area contributed by atoms with E-state index < -0.39 is 16.3 Å². The quantitative estimate of drug-likeness (QED) is 0.365. The highest BCUT2D eigenvalue weighted by molar-refractivity contribution is 7.90. The minimum atomic E-state index is -3.88. The third kappa shape index (κ3) is 4.60. The number of aryl methyl sites for hydroxylation is 2. The van der Waals surface area contributed by atoms with Crippen LogP contribution in [0.25, 0.3) is 0 Å². The smallest absolute Gasteiger partial charge is 0.305 e. The molecule has 1 aliphatic heterocycles. The topological polar surface area (TPSA) is 102 Å². The van der Waals surface area contributed by atoms with E-state index in [4.69, 9.17) is 20.9 Å². The first-order valence-corrected chi connectivity index (χ1v) is 12.6. The van der Waals surface area contributed by atoms with Gasteiger partial charge in [0, 0.05) is 36.1 Å². The first-order valence-electron chi connectivity index (χ1n) is 10.8. The monoisotopic (exact) mass is 511 g/mol. The van der Waals surface area contributed by atoms with Crippen LogP contribution in [0, 0.1) is 13.8 Å². The molecule has 35 heavy (non-hydrogen) atoms. The van der Waals surface area contributed by atoms with Crippen LogP contribution in [0.1, 0.15) is 28.6 Å². The lowest BCUT2D eigenvalue weighted by Crippen LogP contribution is -2.33. The van der Waals surface area contributed by atoms with Gasteiger partial charge in [0.05, 0.1) is 23.6 Å². The molecule has 9 nitrogen and oxygen atoms in total. The highest BCUT2D eigenvalue weighted by Crippen LogP contribution is 2.40. The number of halogens is 1. The van der Waals surface area contributed by atoms with Gasteiger partial charge in [0.25, 0.3) is 0 Å². The summed E-state index contributed by atoms with van der Waals surface area (Å²) < 4.78 is 41.6. The van der Waals surface area contributed by atoms with Gasteiger partial charge in [-0.2, -0.15) is 12.7 Å². The predicted octanol–water partition coefficient (Wildman–Crippen LogP) is 4.84. The molecule has 2 aromatic carbocycles. The Morgan fingerprint density at radius 2 is 1.94 bits per heavy atom. The Balaban J connectivity index is 1.54. The molecule has 1 fully saturated rings. The minimum Gasteiger partial charge on any atom is -0.437 e. The van der Waals surface area contributed by atoms with Gasteiger partial charge < -0.3 is 9.26 Å². The summed E-state index contributed by atoms with van der Waals surface area (Å²) in [5.74, 6) is 1.47. The molecule has 1 atom stereocenters. The molecular weight excluding hydrogens is 490 g/mol. The number of hydrogen-bond donors (Lipinski definition) is 0. The number of hydrogen-bond acceptors (Lipinski definition) is 7. The third-order valence-electron chi connectivity index (χ3n) is 5.84. The molecule has 3 heterocycles. The zero-order valence-corrected chi connectivity index (χ0v) is 20.6. The van der Waals surface area contributed by atoms with E-state index in [1.165, 1.54) is 21.0 Å². The van der Waals surface area contributed by atoms with Gasteiger partial charge >= 0.3 is 10.2 Å². The number of ether oxygens (including phenoxy) is 1. The Morgan fingerprint density at radius 1 is 1.14 bits per heavy atom. The van der Waals surface area contributed by atoms with Crippen LogP contribution in [0.2, 0.25) is 5.02 Å². The fraction of sp³-hybridized carbons (Fsp3) is 0.208. The van der Waals surface area contributed by atoms with Gasteiger partial charge in [-0.05, 0) is 55.8 Å². The van der Waals surface area contributed by atoms with Crippen molar-refractivity contribution in [2.24, 2.45) is 0 Å². The lowest BCUT2D eigenvalue weighted by Gasteiger charge is -2.25. The second-order valence-corrected chi connectivity index (χ2v) is 10.4. The zero-order valence-electron chi connectivity index (χ0n) is 19.0. The lowest BCUT2D eigenvalue weighted by molar-refractivity contribution is 0.387. The molecule has 0 saturated carbocycles. The Hall–Kier alpha value is -3.47. The fourth-order valence-electron chi connectivity index (χ4n) is 4.08. The van der Waals surface area contributed by atoms with Crippen molar-refractivity contribution >= 4 is 27.5 Å². The average Bonchev–Trinajstić information content (AvgIpc) is 3.30. The average molecular weight is 512 g/mol. The van der Waals surface area contributed by atoms with E-state index in [-0.39, 0.29) is 13.1 Å². The van der Waals surface area contributed by atoms with Gasteiger partial charge in [-0.1, -0.05) is 28.9 Å². The van der Waals surface area contributed by atoms with E-state index in [1.807, 2.05) is 18.2 Å². The molecule has 1 saturated heterocycles. The van der Waals surface area contributed by atoms with Gasteiger partial charge in [0.2, 0.25) is 5.88 Å². The van der Waals surface area contributed by atoms with Crippen molar-refractivity contribution in [1.29, 1.82) is 0 Å². The van der Waals surface area contributed by atoms with E-state index >= 15 is 0 Å². The predicted molar refractivity (Wildman–Crippen MR) is 131 cm³/mol. The molecule has 11 heteroatoms. The second kappa shape index (κ2) is 9.29. The van der Waals surface area contributed by atoms with Crippen molar-refractivity contribution in [1.82, 2.24) is 19.4 Å². The van der Waals surface area contributed by atoms with E-state index in [1.54, 1.807) is 50.4 Å². The van der Waals surface area contributed by atoms with Crippen LogP contribution in [-0.4, -0.2) is 34.4 Å². The van der Waals surface area contributed by atoms with E-state index in [9.17, 15) is 8.42 Å². The highest BCUT2D eigenvalue weighted by Gasteiger charge is 2.45. The molecule has 0 amide bonds. The van der Waals surface area contributed by atoms with Crippen molar-refractivity contribution in [2.45, 2.75) is 26.4 Å². The standard InChI is InChI=1S/C24H22ClN5O4S/c1-16-22(17(2)34-28-16)14-29-15-23(30(35(29,31)32)20-8-6-19(25)7-9-20)18-4-3-5-21(12-18)33-24-13-26-10-11-27-24/h3-13,23H,14-15H2,1-2H3/t23-/m1/s1. The summed E-state index contributed by atoms with van der Waals surface area (Å²) in [6, 6.07) is 13.6. The van der Waals surface area contributed by atoms with E-state index in [0.29, 0.717) is 33.8 Å². The molecule has 0 spiro atoms. The summed E-state index contributed by atoms with van der Waals surface area (Å²) in [7, 11) is -3.88. The molecule has 5 rings (SSSR count). The minimum absolute atomic E-state index is 0.153. The SMILES string of the molecule is Cc1noc(C)c1CN1C[C@H](c2cccc(Oc3cnccn3)c2)N(c2ccc(Cl)cc2)S1(=O)=O. The van der Waals surface area contributed by atoms with Crippen molar-refractivity contribution in [3.8, 4) is 11.6 Å². The van der Waals surface area contributed by atoms with Crippen LogP contribution >= 0.6 is 11.6 Å². The Bertz CT molecular complexity index is 1430. The molecule has 180 valence electrons. The largest absolute Gasteiger partial charge is 0.437 e.